The number of rotatable bonds is 2. The van der Waals surface area contributed by atoms with Crippen molar-refractivity contribution in [2.75, 3.05) is 13.2 Å². The van der Waals surface area contributed by atoms with E-state index in [2.05, 4.69) is 12.1 Å². The molecule has 0 aromatic heterocycles. The van der Waals surface area contributed by atoms with Crippen LogP contribution in [0.2, 0.25) is 0 Å². The molecule has 2 aromatic rings. The molecule has 0 saturated carbocycles. The lowest BCUT2D eigenvalue weighted by Gasteiger charge is -2.29. The molecule has 1 saturated heterocycles. The van der Waals surface area contributed by atoms with E-state index in [1.54, 1.807) is 12.1 Å². The van der Waals surface area contributed by atoms with Crippen LogP contribution >= 0.6 is 0 Å². The van der Waals surface area contributed by atoms with E-state index in [1.807, 2.05) is 30.3 Å². The van der Waals surface area contributed by atoms with Crippen molar-refractivity contribution in [3.63, 3.8) is 0 Å². The van der Waals surface area contributed by atoms with Crippen LogP contribution in [0.4, 0.5) is 0 Å². The lowest BCUT2D eigenvalue weighted by atomic mass is 10.0. The summed E-state index contributed by atoms with van der Waals surface area (Å²) in [6, 6.07) is 17.2. The van der Waals surface area contributed by atoms with Gasteiger partial charge in [0, 0.05) is 11.5 Å². The molecule has 0 amide bonds. The Labute approximate surface area is 112 Å². The van der Waals surface area contributed by atoms with Crippen molar-refractivity contribution in [1.82, 2.24) is 0 Å². The molecule has 1 heterocycles. The van der Waals surface area contributed by atoms with Crippen molar-refractivity contribution in [2.24, 2.45) is 0 Å². The predicted octanol–water partition coefficient (Wildman–Crippen LogP) is 3.22. The molecule has 0 spiro atoms. The zero-order chi connectivity index (χ0) is 13.1. The maximum atomic E-state index is 9.26. The highest BCUT2D eigenvalue weighted by Gasteiger charge is 2.24. The Morgan fingerprint density at radius 3 is 2.05 bits per heavy atom. The fourth-order valence-electron chi connectivity index (χ4n) is 2.24. The van der Waals surface area contributed by atoms with Gasteiger partial charge in [-0.15, -0.1) is 0 Å². The van der Waals surface area contributed by atoms with Gasteiger partial charge >= 0.3 is 0 Å². The van der Waals surface area contributed by atoms with Gasteiger partial charge in [0.25, 0.3) is 0 Å². The first-order valence-corrected chi connectivity index (χ1v) is 6.40. The summed E-state index contributed by atoms with van der Waals surface area (Å²) in [6.45, 7) is 1.30. The Balaban J connectivity index is 1.65. The molecule has 3 nitrogen and oxygen atoms in total. The van der Waals surface area contributed by atoms with Crippen molar-refractivity contribution in [3.05, 3.63) is 65.7 Å². The van der Waals surface area contributed by atoms with Gasteiger partial charge in [-0.1, -0.05) is 42.5 Å². The molecular weight excluding hydrogens is 240 g/mol. The molecule has 19 heavy (non-hydrogen) atoms. The Hall–Kier alpha value is -1.84. The molecule has 1 N–H and O–H groups in total. The maximum Gasteiger partial charge on any atom is 0.183 e. The van der Waals surface area contributed by atoms with Crippen LogP contribution in [-0.2, 0) is 9.47 Å². The normalized spacial score (nSPS) is 23.2. The number of phenols is 1. The van der Waals surface area contributed by atoms with Gasteiger partial charge < -0.3 is 14.6 Å². The van der Waals surface area contributed by atoms with Crippen LogP contribution in [0.1, 0.15) is 23.3 Å². The van der Waals surface area contributed by atoms with Gasteiger partial charge in [0.2, 0.25) is 0 Å². The van der Waals surface area contributed by atoms with Crippen molar-refractivity contribution in [1.29, 1.82) is 0 Å². The van der Waals surface area contributed by atoms with Crippen LogP contribution in [0.15, 0.2) is 54.6 Å². The van der Waals surface area contributed by atoms with Gasteiger partial charge in [-0.3, -0.25) is 0 Å². The number of benzene rings is 2. The van der Waals surface area contributed by atoms with E-state index >= 15 is 0 Å². The second kappa shape index (κ2) is 5.43. The SMILES string of the molecule is Oc1ccc(C2OCC(c3ccccc3)CO2)cc1. The number of ether oxygens (including phenoxy) is 2. The molecule has 1 aliphatic heterocycles. The summed E-state index contributed by atoms with van der Waals surface area (Å²) in [6.07, 6.45) is -0.333. The lowest BCUT2D eigenvalue weighted by molar-refractivity contribution is -0.191. The zero-order valence-corrected chi connectivity index (χ0v) is 10.5. The van der Waals surface area contributed by atoms with E-state index in [-0.39, 0.29) is 18.0 Å². The van der Waals surface area contributed by atoms with E-state index in [4.69, 9.17) is 9.47 Å². The van der Waals surface area contributed by atoms with Gasteiger partial charge in [-0.25, -0.2) is 0 Å². The minimum absolute atomic E-state index is 0.252. The molecule has 0 atom stereocenters. The fraction of sp³-hybridized carbons (Fsp3) is 0.250. The second-order valence-electron chi connectivity index (χ2n) is 4.70. The average molecular weight is 256 g/mol. The van der Waals surface area contributed by atoms with Crippen LogP contribution in [0.25, 0.3) is 0 Å². The average Bonchev–Trinajstić information content (AvgIpc) is 2.49. The van der Waals surface area contributed by atoms with Gasteiger partial charge in [0.1, 0.15) is 5.75 Å². The zero-order valence-electron chi connectivity index (χ0n) is 10.5. The number of hydrogen-bond acceptors (Lipinski definition) is 3. The van der Waals surface area contributed by atoms with E-state index in [0.29, 0.717) is 13.2 Å². The highest BCUT2D eigenvalue weighted by molar-refractivity contribution is 5.27. The monoisotopic (exact) mass is 256 g/mol. The lowest BCUT2D eigenvalue weighted by Crippen LogP contribution is -2.25. The van der Waals surface area contributed by atoms with Gasteiger partial charge in [-0.2, -0.15) is 0 Å². The van der Waals surface area contributed by atoms with Crippen molar-refractivity contribution in [2.45, 2.75) is 12.2 Å². The van der Waals surface area contributed by atoms with Crippen LogP contribution in [-0.4, -0.2) is 18.3 Å². The Morgan fingerprint density at radius 2 is 1.42 bits per heavy atom. The summed E-state index contributed by atoms with van der Waals surface area (Å²) in [5, 5.41) is 9.26. The minimum atomic E-state index is -0.333. The molecule has 3 heteroatoms. The van der Waals surface area contributed by atoms with Crippen LogP contribution in [0.5, 0.6) is 5.75 Å². The van der Waals surface area contributed by atoms with Crippen LogP contribution in [0.3, 0.4) is 0 Å². The summed E-state index contributed by atoms with van der Waals surface area (Å²) in [7, 11) is 0. The third-order valence-corrected chi connectivity index (χ3v) is 3.33. The quantitative estimate of drug-likeness (QED) is 0.896. The smallest absolute Gasteiger partial charge is 0.183 e. The van der Waals surface area contributed by atoms with E-state index in [1.165, 1.54) is 5.56 Å². The molecule has 0 bridgehead atoms. The third kappa shape index (κ3) is 2.78. The van der Waals surface area contributed by atoms with E-state index < -0.39 is 0 Å². The largest absolute Gasteiger partial charge is 0.508 e. The van der Waals surface area contributed by atoms with E-state index in [9.17, 15) is 5.11 Å². The maximum absolute atomic E-state index is 9.26. The number of hydrogen-bond donors (Lipinski definition) is 1. The standard InChI is InChI=1S/C16H16O3/c17-15-8-6-13(7-9-15)16-18-10-14(11-19-16)12-4-2-1-3-5-12/h1-9,14,16-17H,10-11H2. The number of phenolic OH excluding ortho intramolecular Hbond substituents is 1. The molecule has 3 rings (SSSR count). The van der Waals surface area contributed by atoms with Gasteiger partial charge in [0.15, 0.2) is 6.29 Å². The highest BCUT2D eigenvalue weighted by Crippen LogP contribution is 2.30. The number of aromatic hydroxyl groups is 1. The molecular formula is C16H16O3. The molecule has 0 aliphatic carbocycles. The second-order valence-corrected chi connectivity index (χ2v) is 4.70. The van der Waals surface area contributed by atoms with E-state index in [0.717, 1.165) is 5.56 Å². The van der Waals surface area contributed by atoms with Crippen LogP contribution < -0.4 is 0 Å². The Bertz CT molecular complexity index is 513. The Kier molecular flexibility index (Phi) is 3.49. The molecule has 2 aromatic carbocycles. The Morgan fingerprint density at radius 1 is 0.789 bits per heavy atom. The first-order valence-electron chi connectivity index (χ1n) is 6.40. The topological polar surface area (TPSA) is 38.7 Å². The fourth-order valence-corrected chi connectivity index (χ4v) is 2.24. The van der Waals surface area contributed by atoms with Gasteiger partial charge in [0.05, 0.1) is 13.2 Å². The summed E-state index contributed by atoms with van der Waals surface area (Å²) in [5.41, 5.74) is 2.18. The van der Waals surface area contributed by atoms with Crippen molar-refractivity contribution in [3.8, 4) is 5.75 Å². The molecule has 1 fully saturated rings. The van der Waals surface area contributed by atoms with Crippen LogP contribution in [0, 0.1) is 0 Å². The predicted molar refractivity (Wildman–Crippen MR) is 71.9 cm³/mol. The summed E-state index contributed by atoms with van der Waals surface area (Å²) >= 11 is 0. The molecule has 0 radical (unpaired) electrons. The summed E-state index contributed by atoms with van der Waals surface area (Å²) < 4.78 is 11.5. The molecule has 1 aliphatic rings. The first-order chi connectivity index (χ1) is 9.33. The van der Waals surface area contributed by atoms with Crippen molar-refractivity contribution < 1.29 is 14.6 Å². The third-order valence-electron chi connectivity index (χ3n) is 3.33. The van der Waals surface area contributed by atoms with Gasteiger partial charge in [-0.05, 0) is 17.7 Å². The molecule has 98 valence electrons. The first kappa shape index (κ1) is 12.2. The van der Waals surface area contributed by atoms with Crippen molar-refractivity contribution >= 4 is 0 Å². The summed E-state index contributed by atoms with van der Waals surface area (Å²) in [4.78, 5) is 0. The summed E-state index contributed by atoms with van der Waals surface area (Å²) in [5.74, 6) is 0.538. The highest BCUT2D eigenvalue weighted by atomic mass is 16.7. The minimum Gasteiger partial charge on any atom is -0.508 e. The molecule has 0 unspecified atom stereocenters.